The van der Waals surface area contributed by atoms with Crippen LogP contribution in [0.4, 0.5) is 22.7 Å². The number of halogens is 1. The van der Waals surface area contributed by atoms with Crippen molar-refractivity contribution >= 4 is 44.6 Å². The van der Waals surface area contributed by atoms with E-state index in [1.807, 2.05) is 36.4 Å². The van der Waals surface area contributed by atoms with E-state index in [9.17, 15) is 4.79 Å². The molecule has 0 aromatic heterocycles. The van der Waals surface area contributed by atoms with Crippen molar-refractivity contribution in [3.63, 3.8) is 0 Å². The predicted molar refractivity (Wildman–Crippen MR) is 80.6 cm³/mol. The molecular weight excluding hydrogens is 306 g/mol. The van der Waals surface area contributed by atoms with Crippen LogP contribution in [-0.4, -0.2) is 5.91 Å². The monoisotopic (exact) mass is 317 g/mol. The van der Waals surface area contributed by atoms with Gasteiger partial charge < -0.3 is 16.4 Å². The molecule has 4 N–H and O–H groups in total. The van der Waals surface area contributed by atoms with E-state index in [0.717, 1.165) is 27.1 Å². The fourth-order valence-electron chi connectivity index (χ4n) is 2.09. The summed E-state index contributed by atoms with van der Waals surface area (Å²) in [6.07, 6.45) is 0.401. The molecule has 0 bridgehead atoms. The smallest absolute Gasteiger partial charge is 0.228 e. The normalized spacial score (nSPS) is 13.0. The largest absolute Gasteiger partial charge is 0.397 e. The highest BCUT2D eigenvalue weighted by molar-refractivity contribution is 9.10. The highest BCUT2D eigenvalue weighted by atomic mass is 79.9. The zero-order valence-corrected chi connectivity index (χ0v) is 11.6. The number of hydrogen-bond donors (Lipinski definition) is 3. The van der Waals surface area contributed by atoms with Crippen LogP contribution in [0.2, 0.25) is 0 Å². The summed E-state index contributed by atoms with van der Waals surface area (Å²) in [7, 11) is 0. The van der Waals surface area contributed by atoms with Crippen LogP contribution in [0.15, 0.2) is 40.9 Å². The topological polar surface area (TPSA) is 67.2 Å². The minimum Gasteiger partial charge on any atom is -0.397 e. The summed E-state index contributed by atoms with van der Waals surface area (Å²) in [6, 6.07) is 11.5. The van der Waals surface area contributed by atoms with Gasteiger partial charge in [-0.3, -0.25) is 4.79 Å². The number of nitrogens with one attached hydrogen (secondary N) is 2. The van der Waals surface area contributed by atoms with E-state index in [0.29, 0.717) is 12.1 Å². The molecular formula is C14H12BrN3O. The molecule has 0 saturated heterocycles. The van der Waals surface area contributed by atoms with Crippen LogP contribution >= 0.6 is 15.9 Å². The lowest BCUT2D eigenvalue weighted by molar-refractivity contribution is -0.115. The van der Waals surface area contributed by atoms with Gasteiger partial charge in [0.25, 0.3) is 0 Å². The van der Waals surface area contributed by atoms with Gasteiger partial charge in [0.1, 0.15) is 0 Å². The minimum atomic E-state index is 0.00944. The Morgan fingerprint density at radius 2 is 1.95 bits per heavy atom. The number of rotatable bonds is 2. The van der Waals surface area contributed by atoms with Crippen LogP contribution in [-0.2, 0) is 11.2 Å². The SMILES string of the molecule is Nc1cc2c(cc1Nc1ccc(Br)cc1)NC(=O)C2. The van der Waals surface area contributed by atoms with Crippen molar-refractivity contribution in [3.8, 4) is 0 Å². The maximum Gasteiger partial charge on any atom is 0.228 e. The Hall–Kier alpha value is -2.01. The van der Waals surface area contributed by atoms with Gasteiger partial charge in [0.15, 0.2) is 0 Å². The molecule has 1 amide bonds. The number of benzene rings is 2. The molecule has 5 heteroatoms. The molecule has 2 aromatic carbocycles. The van der Waals surface area contributed by atoms with Gasteiger partial charge >= 0.3 is 0 Å². The maximum atomic E-state index is 11.3. The molecule has 0 saturated carbocycles. The second-order valence-corrected chi connectivity index (χ2v) is 5.37. The zero-order valence-electron chi connectivity index (χ0n) is 10.0. The van der Waals surface area contributed by atoms with Crippen LogP contribution in [0.25, 0.3) is 0 Å². The van der Waals surface area contributed by atoms with Crippen LogP contribution in [0.5, 0.6) is 0 Å². The Bertz CT molecular complexity index is 652. The molecule has 96 valence electrons. The molecule has 19 heavy (non-hydrogen) atoms. The third-order valence-corrected chi connectivity index (χ3v) is 3.55. The van der Waals surface area contributed by atoms with Gasteiger partial charge in [0.2, 0.25) is 5.91 Å². The lowest BCUT2D eigenvalue weighted by Gasteiger charge is -2.11. The van der Waals surface area contributed by atoms with Gasteiger partial charge in [-0.15, -0.1) is 0 Å². The van der Waals surface area contributed by atoms with Crippen LogP contribution in [0, 0.1) is 0 Å². The second-order valence-electron chi connectivity index (χ2n) is 4.45. The summed E-state index contributed by atoms with van der Waals surface area (Å²) >= 11 is 3.39. The molecule has 3 rings (SSSR count). The average molecular weight is 318 g/mol. The van der Waals surface area contributed by atoms with Crippen molar-refractivity contribution in [2.45, 2.75) is 6.42 Å². The second kappa shape index (κ2) is 4.59. The van der Waals surface area contributed by atoms with Crippen molar-refractivity contribution < 1.29 is 4.79 Å². The van der Waals surface area contributed by atoms with Crippen molar-refractivity contribution in [3.05, 3.63) is 46.4 Å². The lowest BCUT2D eigenvalue weighted by Crippen LogP contribution is -2.03. The molecule has 4 nitrogen and oxygen atoms in total. The van der Waals surface area contributed by atoms with E-state index in [-0.39, 0.29) is 5.91 Å². The summed E-state index contributed by atoms with van der Waals surface area (Å²) in [5, 5.41) is 6.06. The third-order valence-electron chi connectivity index (χ3n) is 3.02. The summed E-state index contributed by atoms with van der Waals surface area (Å²) in [4.78, 5) is 11.3. The summed E-state index contributed by atoms with van der Waals surface area (Å²) < 4.78 is 1.02. The van der Waals surface area contributed by atoms with E-state index in [1.165, 1.54) is 0 Å². The first-order valence-corrected chi connectivity index (χ1v) is 6.66. The number of hydrogen-bond acceptors (Lipinski definition) is 3. The van der Waals surface area contributed by atoms with E-state index < -0.39 is 0 Å². The summed E-state index contributed by atoms with van der Waals surface area (Å²) in [5.74, 6) is 0.00944. The minimum absolute atomic E-state index is 0.00944. The number of anilines is 4. The maximum absolute atomic E-state index is 11.3. The van der Waals surface area contributed by atoms with Gasteiger partial charge in [-0.1, -0.05) is 15.9 Å². The van der Waals surface area contributed by atoms with Crippen LogP contribution < -0.4 is 16.4 Å². The van der Waals surface area contributed by atoms with Crippen molar-refractivity contribution in [1.82, 2.24) is 0 Å². The molecule has 1 heterocycles. The summed E-state index contributed by atoms with van der Waals surface area (Å²) in [5.41, 5.74) is 10.2. The summed E-state index contributed by atoms with van der Waals surface area (Å²) in [6.45, 7) is 0. The Balaban J connectivity index is 1.91. The van der Waals surface area contributed by atoms with E-state index in [2.05, 4.69) is 26.6 Å². The first-order valence-electron chi connectivity index (χ1n) is 5.86. The molecule has 0 atom stereocenters. The Labute approximate surface area is 119 Å². The van der Waals surface area contributed by atoms with E-state index in [1.54, 1.807) is 0 Å². The predicted octanol–water partition coefficient (Wildman–Crippen LogP) is 3.27. The van der Waals surface area contributed by atoms with Crippen molar-refractivity contribution in [2.75, 3.05) is 16.4 Å². The quantitative estimate of drug-likeness (QED) is 0.745. The number of carbonyl (C=O) groups excluding carboxylic acids is 1. The van der Waals surface area contributed by atoms with Crippen molar-refractivity contribution in [2.24, 2.45) is 0 Å². The Kier molecular flexibility index (Phi) is 2.91. The van der Waals surface area contributed by atoms with Gasteiger partial charge in [-0.05, 0) is 42.0 Å². The number of carbonyl (C=O) groups is 1. The molecule has 0 fully saturated rings. The van der Waals surface area contributed by atoms with E-state index >= 15 is 0 Å². The van der Waals surface area contributed by atoms with Gasteiger partial charge in [-0.25, -0.2) is 0 Å². The molecule has 0 spiro atoms. The molecule has 0 unspecified atom stereocenters. The average Bonchev–Trinajstić information content (AvgIpc) is 2.72. The Morgan fingerprint density at radius 3 is 2.68 bits per heavy atom. The first kappa shape index (κ1) is 12.0. The number of fused-ring (bicyclic) bond motifs is 1. The number of nitrogen functional groups attached to an aromatic ring is 1. The van der Waals surface area contributed by atoms with Gasteiger partial charge in [0, 0.05) is 15.8 Å². The molecule has 0 aliphatic carbocycles. The van der Waals surface area contributed by atoms with E-state index in [4.69, 9.17) is 5.73 Å². The fraction of sp³-hybridized carbons (Fsp3) is 0.0714. The number of nitrogens with two attached hydrogens (primary N) is 1. The molecule has 1 aliphatic heterocycles. The van der Waals surface area contributed by atoms with Crippen LogP contribution in [0.3, 0.4) is 0 Å². The molecule has 0 radical (unpaired) electrons. The fourth-order valence-corrected chi connectivity index (χ4v) is 2.35. The molecule has 2 aromatic rings. The lowest BCUT2D eigenvalue weighted by atomic mass is 10.1. The van der Waals surface area contributed by atoms with Gasteiger partial charge in [0.05, 0.1) is 17.8 Å². The van der Waals surface area contributed by atoms with Gasteiger partial charge in [-0.2, -0.15) is 0 Å². The first-order chi connectivity index (χ1) is 9.11. The van der Waals surface area contributed by atoms with Crippen molar-refractivity contribution in [1.29, 1.82) is 0 Å². The standard InChI is InChI=1S/C14H12BrN3O/c15-9-1-3-10(4-2-9)17-13-7-12-8(5-11(13)16)6-14(19)18-12/h1-5,7,17H,6,16H2,(H,18,19). The van der Waals surface area contributed by atoms with Crippen LogP contribution in [0.1, 0.15) is 5.56 Å². The Morgan fingerprint density at radius 1 is 1.21 bits per heavy atom. The zero-order chi connectivity index (χ0) is 13.4. The highest BCUT2D eigenvalue weighted by Gasteiger charge is 2.19. The highest BCUT2D eigenvalue weighted by Crippen LogP contribution is 2.33. The molecule has 1 aliphatic rings. The number of amides is 1. The third kappa shape index (κ3) is 2.42.